The first-order valence-corrected chi connectivity index (χ1v) is 9.22. The van der Waals surface area contributed by atoms with E-state index in [0.717, 1.165) is 9.13 Å². The van der Waals surface area contributed by atoms with Crippen molar-refractivity contribution in [3.63, 3.8) is 0 Å². The molecule has 2 aromatic carbocycles. The molecule has 0 saturated heterocycles. The molecule has 1 heterocycles. The Hall–Kier alpha value is -1.97. The number of hydrogen-bond donors (Lipinski definition) is 2. The van der Waals surface area contributed by atoms with Crippen molar-refractivity contribution in [3.8, 4) is 11.3 Å². The van der Waals surface area contributed by atoms with Crippen LogP contribution in [-0.4, -0.2) is 11.0 Å². The molecule has 0 aliphatic heterocycles. The SMILES string of the molecule is O=C(NC(=S)Nc1ccc(I)cc1F)c1ccc(-c2cccc(Cl)c2)o1. The van der Waals surface area contributed by atoms with Crippen LogP contribution in [0, 0.1) is 9.39 Å². The lowest BCUT2D eigenvalue weighted by atomic mass is 10.2. The molecule has 132 valence electrons. The summed E-state index contributed by atoms with van der Waals surface area (Å²) in [6.45, 7) is 0. The van der Waals surface area contributed by atoms with Gasteiger partial charge in [-0.1, -0.05) is 23.7 Å². The average Bonchev–Trinajstić information content (AvgIpc) is 3.08. The molecule has 2 N–H and O–H groups in total. The number of rotatable bonds is 3. The van der Waals surface area contributed by atoms with Gasteiger partial charge in [-0.25, -0.2) is 4.39 Å². The van der Waals surface area contributed by atoms with Crippen LogP contribution in [0.15, 0.2) is 59.0 Å². The largest absolute Gasteiger partial charge is 0.451 e. The molecule has 0 aliphatic carbocycles. The fraction of sp³-hybridized carbons (Fsp3) is 0. The maximum atomic E-state index is 13.8. The smallest absolute Gasteiger partial charge is 0.293 e. The first-order valence-electron chi connectivity index (χ1n) is 7.35. The van der Waals surface area contributed by atoms with E-state index in [2.05, 4.69) is 10.6 Å². The highest BCUT2D eigenvalue weighted by molar-refractivity contribution is 14.1. The Morgan fingerprint density at radius 2 is 1.96 bits per heavy atom. The van der Waals surface area contributed by atoms with E-state index in [1.165, 1.54) is 12.1 Å². The van der Waals surface area contributed by atoms with Gasteiger partial charge in [-0.05, 0) is 77.3 Å². The molecular formula is C18H11ClFIN2O2S. The van der Waals surface area contributed by atoms with Gasteiger partial charge in [0.2, 0.25) is 0 Å². The Balaban J connectivity index is 1.67. The van der Waals surface area contributed by atoms with Gasteiger partial charge < -0.3 is 9.73 Å². The second-order valence-corrected chi connectivity index (χ2v) is 7.30. The highest BCUT2D eigenvalue weighted by Crippen LogP contribution is 2.24. The van der Waals surface area contributed by atoms with Crippen molar-refractivity contribution in [1.29, 1.82) is 0 Å². The lowest BCUT2D eigenvalue weighted by Gasteiger charge is -2.09. The molecule has 0 atom stereocenters. The van der Waals surface area contributed by atoms with Crippen molar-refractivity contribution in [3.05, 3.63) is 74.8 Å². The quantitative estimate of drug-likeness (QED) is 0.370. The molecule has 1 amide bonds. The standard InChI is InChI=1S/C18H11ClFIN2O2S/c19-11-3-1-2-10(8-11)15-6-7-16(25-15)17(24)23-18(26)22-14-5-4-12(21)9-13(14)20/h1-9H,(H2,22,23,24,26). The molecule has 0 unspecified atom stereocenters. The molecule has 1 aromatic heterocycles. The van der Waals surface area contributed by atoms with E-state index in [1.54, 1.807) is 36.4 Å². The van der Waals surface area contributed by atoms with Crippen molar-refractivity contribution in [2.24, 2.45) is 0 Å². The van der Waals surface area contributed by atoms with E-state index in [1.807, 2.05) is 28.7 Å². The number of amides is 1. The summed E-state index contributed by atoms with van der Waals surface area (Å²) < 4.78 is 20.1. The highest BCUT2D eigenvalue weighted by Gasteiger charge is 2.14. The number of benzene rings is 2. The molecular weight excluding hydrogens is 490 g/mol. The van der Waals surface area contributed by atoms with Crippen LogP contribution in [0.1, 0.15) is 10.6 Å². The molecule has 0 fully saturated rings. The van der Waals surface area contributed by atoms with E-state index in [9.17, 15) is 9.18 Å². The lowest BCUT2D eigenvalue weighted by molar-refractivity contribution is 0.0951. The number of halogens is 3. The zero-order valence-corrected chi connectivity index (χ0v) is 16.8. The molecule has 8 heteroatoms. The summed E-state index contributed by atoms with van der Waals surface area (Å²) in [7, 11) is 0. The van der Waals surface area contributed by atoms with Crippen molar-refractivity contribution in [1.82, 2.24) is 5.32 Å². The van der Waals surface area contributed by atoms with Crippen LogP contribution < -0.4 is 10.6 Å². The molecule has 0 spiro atoms. The third-order valence-electron chi connectivity index (χ3n) is 3.35. The van der Waals surface area contributed by atoms with Crippen LogP contribution >= 0.6 is 46.4 Å². The number of carbonyl (C=O) groups is 1. The Morgan fingerprint density at radius 1 is 1.15 bits per heavy atom. The summed E-state index contributed by atoms with van der Waals surface area (Å²) in [5.41, 5.74) is 0.924. The van der Waals surface area contributed by atoms with Gasteiger partial charge in [0.15, 0.2) is 10.9 Å². The number of carbonyl (C=O) groups excluding carboxylic acids is 1. The van der Waals surface area contributed by atoms with E-state index in [0.29, 0.717) is 10.8 Å². The fourth-order valence-electron chi connectivity index (χ4n) is 2.17. The summed E-state index contributed by atoms with van der Waals surface area (Å²) in [5, 5.41) is 5.63. The topological polar surface area (TPSA) is 54.3 Å². The molecule has 0 saturated carbocycles. The fourth-order valence-corrected chi connectivity index (χ4v) is 3.01. The predicted molar refractivity (Wildman–Crippen MR) is 112 cm³/mol. The summed E-state index contributed by atoms with van der Waals surface area (Å²) in [5.74, 6) is -0.427. The summed E-state index contributed by atoms with van der Waals surface area (Å²) in [6, 6.07) is 14.9. The highest BCUT2D eigenvalue weighted by atomic mass is 127. The van der Waals surface area contributed by atoms with Crippen LogP contribution in [0.5, 0.6) is 0 Å². The van der Waals surface area contributed by atoms with Gasteiger partial charge >= 0.3 is 0 Å². The third kappa shape index (κ3) is 4.60. The Labute approximate surface area is 172 Å². The van der Waals surface area contributed by atoms with Crippen LogP contribution in [0.3, 0.4) is 0 Å². The minimum atomic E-state index is -0.540. The van der Waals surface area contributed by atoms with Crippen molar-refractivity contribution in [2.45, 2.75) is 0 Å². The van der Waals surface area contributed by atoms with E-state index < -0.39 is 11.7 Å². The van der Waals surface area contributed by atoms with Gasteiger partial charge in [0, 0.05) is 14.2 Å². The summed E-state index contributed by atoms with van der Waals surface area (Å²) >= 11 is 13.0. The average molecular weight is 501 g/mol. The van der Waals surface area contributed by atoms with Gasteiger partial charge in [-0.3, -0.25) is 10.1 Å². The number of anilines is 1. The van der Waals surface area contributed by atoms with Gasteiger partial charge in [0.1, 0.15) is 11.6 Å². The third-order valence-corrected chi connectivity index (χ3v) is 4.46. The van der Waals surface area contributed by atoms with Gasteiger partial charge in [0.05, 0.1) is 5.69 Å². The Bertz CT molecular complexity index is 993. The van der Waals surface area contributed by atoms with Crippen LogP contribution in [-0.2, 0) is 0 Å². The van der Waals surface area contributed by atoms with Crippen molar-refractivity contribution < 1.29 is 13.6 Å². The minimum absolute atomic E-state index is 0.0317. The molecule has 3 aromatic rings. The van der Waals surface area contributed by atoms with Crippen LogP contribution in [0.2, 0.25) is 5.02 Å². The number of hydrogen-bond acceptors (Lipinski definition) is 3. The minimum Gasteiger partial charge on any atom is -0.451 e. The summed E-state index contributed by atoms with van der Waals surface area (Å²) in [4.78, 5) is 12.2. The van der Waals surface area contributed by atoms with Gasteiger partial charge in [-0.2, -0.15) is 0 Å². The zero-order valence-electron chi connectivity index (χ0n) is 13.1. The van der Waals surface area contributed by atoms with Crippen LogP contribution in [0.25, 0.3) is 11.3 Å². The van der Waals surface area contributed by atoms with E-state index in [4.69, 9.17) is 28.2 Å². The molecule has 3 rings (SSSR count). The van der Waals surface area contributed by atoms with Crippen molar-refractivity contribution >= 4 is 63.1 Å². The maximum absolute atomic E-state index is 13.8. The molecule has 0 radical (unpaired) electrons. The molecule has 0 aliphatic rings. The normalized spacial score (nSPS) is 10.4. The second kappa shape index (κ2) is 8.15. The van der Waals surface area contributed by atoms with Crippen molar-refractivity contribution in [2.75, 3.05) is 5.32 Å². The van der Waals surface area contributed by atoms with Gasteiger partial charge in [0.25, 0.3) is 5.91 Å². The monoisotopic (exact) mass is 500 g/mol. The van der Waals surface area contributed by atoms with E-state index in [-0.39, 0.29) is 16.6 Å². The predicted octanol–water partition coefficient (Wildman–Crippen LogP) is 5.47. The van der Waals surface area contributed by atoms with E-state index >= 15 is 0 Å². The van der Waals surface area contributed by atoms with Gasteiger partial charge in [-0.15, -0.1) is 0 Å². The zero-order chi connectivity index (χ0) is 18.7. The second-order valence-electron chi connectivity index (χ2n) is 5.21. The Morgan fingerprint density at radius 3 is 2.69 bits per heavy atom. The summed E-state index contributed by atoms with van der Waals surface area (Å²) in [6.07, 6.45) is 0. The first-order chi connectivity index (χ1) is 12.4. The number of thiocarbonyl (C=S) groups is 1. The maximum Gasteiger partial charge on any atom is 0.293 e. The number of furan rings is 1. The number of nitrogens with one attached hydrogen (secondary N) is 2. The lowest BCUT2D eigenvalue weighted by Crippen LogP contribution is -2.34. The Kier molecular flexibility index (Phi) is 5.90. The molecule has 0 bridgehead atoms. The molecule has 26 heavy (non-hydrogen) atoms. The molecule has 4 nitrogen and oxygen atoms in total. The first kappa shape index (κ1) is 18.8. The van der Waals surface area contributed by atoms with Crippen LogP contribution in [0.4, 0.5) is 10.1 Å².